The Morgan fingerprint density at radius 2 is 2.21 bits per heavy atom. The molecular weight excluding hydrogens is 180 g/mol. The average Bonchev–Trinajstić information content (AvgIpc) is 2.17. The standard InChI is InChI=1S/C10H20N2O2/c1-8-7-11-5-6-12(8)9(13)10(2,3)14-4/h8,11H,5-7H2,1-4H3/t8-/m1/s1. The van der Waals surface area contributed by atoms with Crippen LogP contribution < -0.4 is 5.32 Å². The number of nitrogens with one attached hydrogen (secondary N) is 1. The summed E-state index contributed by atoms with van der Waals surface area (Å²) < 4.78 is 5.19. The van der Waals surface area contributed by atoms with E-state index in [2.05, 4.69) is 12.2 Å². The van der Waals surface area contributed by atoms with Crippen LogP contribution in [0, 0.1) is 0 Å². The molecule has 0 aromatic rings. The van der Waals surface area contributed by atoms with Crippen LogP contribution >= 0.6 is 0 Å². The molecule has 4 heteroatoms. The molecule has 1 heterocycles. The maximum absolute atomic E-state index is 12.0. The minimum absolute atomic E-state index is 0.0778. The molecule has 0 spiro atoms. The van der Waals surface area contributed by atoms with Gasteiger partial charge in [-0.3, -0.25) is 4.79 Å². The van der Waals surface area contributed by atoms with Gasteiger partial charge in [-0.15, -0.1) is 0 Å². The molecule has 1 amide bonds. The number of methoxy groups -OCH3 is 1. The highest BCUT2D eigenvalue weighted by atomic mass is 16.5. The molecule has 0 unspecified atom stereocenters. The summed E-state index contributed by atoms with van der Waals surface area (Å²) in [5.41, 5.74) is -0.703. The summed E-state index contributed by atoms with van der Waals surface area (Å²) in [5.74, 6) is 0.0778. The highest BCUT2D eigenvalue weighted by molar-refractivity contribution is 5.84. The molecular formula is C10H20N2O2. The lowest BCUT2D eigenvalue weighted by Gasteiger charge is -2.38. The first-order valence-corrected chi connectivity index (χ1v) is 5.06. The summed E-state index contributed by atoms with van der Waals surface area (Å²) in [6, 6.07) is 0.255. The van der Waals surface area contributed by atoms with E-state index < -0.39 is 5.60 Å². The Kier molecular flexibility index (Phi) is 3.50. The third kappa shape index (κ3) is 2.25. The van der Waals surface area contributed by atoms with E-state index in [1.807, 2.05) is 18.7 Å². The molecule has 0 saturated carbocycles. The summed E-state index contributed by atoms with van der Waals surface area (Å²) in [6.07, 6.45) is 0. The molecule has 0 aromatic carbocycles. The second-order valence-corrected chi connectivity index (χ2v) is 4.27. The van der Waals surface area contributed by atoms with Crippen LogP contribution in [-0.2, 0) is 9.53 Å². The summed E-state index contributed by atoms with van der Waals surface area (Å²) in [6.45, 7) is 8.18. The molecule has 1 N–H and O–H groups in total. The van der Waals surface area contributed by atoms with Crippen molar-refractivity contribution in [2.45, 2.75) is 32.4 Å². The Morgan fingerprint density at radius 1 is 1.57 bits per heavy atom. The van der Waals surface area contributed by atoms with E-state index in [1.165, 1.54) is 0 Å². The molecule has 14 heavy (non-hydrogen) atoms. The van der Waals surface area contributed by atoms with Crippen LogP contribution in [0.5, 0.6) is 0 Å². The van der Waals surface area contributed by atoms with Crippen molar-refractivity contribution in [3.05, 3.63) is 0 Å². The lowest BCUT2D eigenvalue weighted by molar-refractivity contribution is -0.153. The second-order valence-electron chi connectivity index (χ2n) is 4.27. The number of hydrogen-bond donors (Lipinski definition) is 1. The zero-order valence-electron chi connectivity index (χ0n) is 9.46. The van der Waals surface area contributed by atoms with E-state index in [0.717, 1.165) is 19.6 Å². The van der Waals surface area contributed by atoms with Crippen molar-refractivity contribution in [1.82, 2.24) is 10.2 Å². The minimum atomic E-state index is -0.703. The van der Waals surface area contributed by atoms with Gasteiger partial charge in [0, 0.05) is 32.8 Å². The largest absolute Gasteiger partial charge is 0.369 e. The molecule has 0 aliphatic carbocycles. The van der Waals surface area contributed by atoms with Gasteiger partial charge in [0.1, 0.15) is 5.60 Å². The second kappa shape index (κ2) is 4.28. The molecule has 1 aliphatic heterocycles. The van der Waals surface area contributed by atoms with Crippen molar-refractivity contribution in [3.8, 4) is 0 Å². The Bertz CT molecular complexity index is 216. The number of nitrogens with zero attached hydrogens (tertiary/aromatic N) is 1. The molecule has 1 fully saturated rings. The third-order valence-corrected chi connectivity index (χ3v) is 2.79. The SMILES string of the molecule is COC(C)(C)C(=O)N1CCNC[C@H]1C. The number of piperazine rings is 1. The molecule has 1 saturated heterocycles. The molecule has 4 nitrogen and oxygen atoms in total. The molecule has 82 valence electrons. The van der Waals surface area contributed by atoms with Crippen molar-refractivity contribution in [2.75, 3.05) is 26.7 Å². The van der Waals surface area contributed by atoms with Crippen molar-refractivity contribution in [3.63, 3.8) is 0 Å². The van der Waals surface area contributed by atoms with Gasteiger partial charge < -0.3 is 15.0 Å². The van der Waals surface area contributed by atoms with Crippen LogP contribution in [0.25, 0.3) is 0 Å². The Balaban J connectivity index is 2.67. The first-order chi connectivity index (χ1) is 6.49. The Morgan fingerprint density at radius 3 is 2.71 bits per heavy atom. The number of carbonyl (C=O) groups is 1. The van der Waals surface area contributed by atoms with Crippen LogP contribution in [0.2, 0.25) is 0 Å². The first-order valence-electron chi connectivity index (χ1n) is 5.06. The lowest BCUT2D eigenvalue weighted by Crippen LogP contribution is -2.57. The molecule has 1 aliphatic rings. The highest BCUT2D eigenvalue weighted by Crippen LogP contribution is 2.15. The number of ether oxygens (including phenoxy) is 1. The predicted octanol–water partition coefficient (Wildman–Crippen LogP) is 0.232. The van der Waals surface area contributed by atoms with Crippen LogP contribution in [0.4, 0.5) is 0 Å². The highest BCUT2D eigenvalue weighted by Gasteiger charge is 2.34. The number of hydrogen-bond acceptors (Lipinski definition) is 3. The zero-order valence-corrected chi connectivity index (χ0v) is 9.46. The van der Waals surface area contributed by atoms with Gasteiger partial charge in [0.05, 0.1) is 0 Å². The van der Waals surface area contributed by atoms with Gasteiger partial charge in [-0.25, -0.2) is 0 Å². The predicted molar refractivity (Wildman–Crippen MR) is 55.1 cm³/mol. The fourth-order valence-electron chi connectivity index (χ4n) is 1.58. The van der Waals surface area contributed by atoms with E-state index in [4.69, 9.17) is 4.74 Å². The van der Waals surface area contributed by atoms with Gasteiger partial charge >= 0.3 is 0 Å². The lowest BCUT2D eigenvalue weighted by atomic mass is 10.1. The molecule has 0 aromatic heterocycles. The summed E-state index contributed by atoms with van der Waals surface area (Å²) in [5, 5.41) is 3.25. The van der Waals surface area contributed by atoms with Gasteiger partial charge in [0.15, 0.2) is 0 Å². The molecule has 0 bridgehead atoms. The zero-order chi connectivity index (χ0) is 10.8. The van der Waals surface area contributed by atoms with Crippen molar-refractivity contribution in [1.29, 1.82) is 0 Å². The van der Waals surface area contributed by atoms with E-state index in [9.17, 15) is 4.79 Å². The van der Waals surface area contributed by atoms with Crippen LogP contribution in [0.15, 0.2) is 0 Å². The summed E-state index contributed by atoms with van der Waals surface area (Å²) in [4.78, 5) is 13.9. The number of amides is 1. The van der Waals surface area contributed by atoms with Crippen LogP contribution in [0.3, 0.4) is 0 Å². The molecule has 0 radical (unpaired) electrons. The van der Waals surface area contributed by atoms with Crippen molar-refractivity contribution in [2.24, 2.45) is 0 Å². The Labute approximate surface area is 85.6 Å². The van der Waals surface area contributed by atoms with Gasteiger partial charge in [-0.05, 0) is 20.8 Å². The topological polar surface area (TPSA) is 41.6 Å². The van der Waals surface area contributed by atoms with Crippen molar-refractivity contribution >= 4 is 5.91 Å². The monoisotopic (exact) mass is 200 g/mol. The van der Waals surface area contributed by atoms with E-state index in [-0.39, 0.29) is 11.9 Å². The maximum Gasteiger partial charge on any atom is 0.254 e. The van der Waals surface area contributed by atoms with Crippen molar-refractivity contribution < 1.29 is 9.53 Å². The number of rotatable bonds is 2. The first kappa shape index (κ1) is 11.5. The normalized spacial score (nSPS) is 23.7. The fourth-order valence-corrected chi connectivity index (χ4v) is 1.58. The smallest absolute Gasteiger partial charge is 0.254 e. The average molecular weight is 200 g/mol. The summed E-state index contributed by atoms with van der Waals surface area (Å²) in [7, 11) is 1.57. The van der Waals surface area contributed by atoms with E-state index >= 15 is 0 Å². The molecule has 1 atom stereocenters. The van der Waals surface area contributed by atoms with Gasteiger partial charge in [0.25, 0.3) is 5.91 Å². The third-order valence-electron chi connectivity index (χ3n) is 2.79. The summed E-state index contributed by atoms with van der Waals surface area (Å²) >= 11 is 0. The maximum atomic E-state index is 12.0. The minimum Gasteiger partial charge on any atom is -0.369 e. The van der Waals surface area contributed by atoms with E-state index in [0.29, 0.717) is 0 Å². The van der Waals surface area contributed by atoms with Gasteiger partial charge in [-0.1, -0.05) is 0 Å². The van der Waals surface area contributed by atoms with Gasteiger partial charge in [-0.2, -0.15) is 0 Å². The van der Waals surface area contributed by atoms with Gasteiger partial charge in [0.2, 0.25) is 0 Å². The quantitative estimate of drug-likeness (QED) is 0.694. The van der Waals surface area contributed by atoms with E-state index in [1.54, 1.807) is 7.11 Å². The van der Waals surface area contributed by atoms with Crippen LogP contribution in [-0.4, -0.2) is 49.2 Å². The Hall–Kier alpha value is -0.610. The fraction of sp³-hybridized carbons (Fsp3) is 0.900. The number of carbonyl (C=O) groups excluding carboxylic acids is 1. The van der Waals surface area contributed by atoms with Crippen LogP contribution in [0.1, 0.15) is 20.8 Å². The molecule has 1 rings (SSSR count).